The highest BCUT2D eigenvalue weighted by Gasteiger charge is 2.22. The molecule has 10 heteroatoms. The quantitative estimate of drug-likeness (QED) is 0.374. The Morgan fingerprint density at radius 2 is 1.89 bits per heavy atom. The Kier molecular flexibility index (Phi) is 5.96. The third-order valence-electron chi connectivity index (χ3n) is 6.32. The van der Waals surface area contributed by atoms with Gasteiger partial charge in [-0.3, -0.25) is 0 Å². The zero-order valence-electron chi connectivity index (χ0n) is 20.3. The van der Waals surface area contributed by atoms with E-state index in [1.165, 1.54) is 35.1 Å². The van der Waals surface area contributed by atoms with Crippen LogP contribution in [0.15, 0.2) is 53.6 Å². The molecule has 2 aromatic carbocycles. The van der Waals surface area contributed by atoms with Crippen LogP contribution in [-0.4, -0.2) is 60.3 Å². The molecule has 0 atom stereocenters. The Bertz CT molecular complexity index is 1510. The van der Waals surface area contributed by atoms with Crippen LogP contribution >= 0.6 is 0 Å². The molecule has 5 rings (SSSR count). The van der Waals surface area contributed by atoms with Crippen LogP contribution in [0.2, 0.25) is 0 Å². The van der Waals surface area contributed by atoms with Crippen molar-refractivity contribution in [2.45, 2.75) is 24.8 Å². The average Bonchev–Trinajstić information content (AvgIpc) is 3.28. The van der Waals surface area contributed by atoms with Gasteiger partial charge in [0.2, 0.25) is 16.0 Å². The fourth-order valence-electron chi connectivity index (χ4n) is 4.47. The average molecular weight is 492 g/mol. The molecule has 0 aliphatic carbocycles. The molecule has 3 N–H and O–H groups in total. The Morgan fingerprint density at radius 3 is 2.69 bits per heavy atom. The monoisotopic (exact) mass is 491 g/mol. The van der Waals surface area contributed by atoms with Gasteiger partial charge in [-0.15, -0.1) is 0 Å². The highest BCUT2D eigenvalue weighted by molar-refractivity contribution is 7.89. The number of aryl methyl sites for hydroxylation is 1. The van der Waals surface area contributed by atoms with Gasteiger partial charge in [-0.1, -0.05) is 12.1 Å². The number of aromatic amines is 1. The first-order valence-electron chi connectivity index (χ1n) is 11.4. The molecule has 0 saturated heterocycles. The van der Waals surface area contributed by atoms with E-state index in [4.69, 9.17) is 4.98 Å². The molecule has 0 amide bonds. The summed E-state index contributed by atoms with van der Waals surface area (Å²) in [4.78, 5) is 15.0. The van der Waals surface area contributed by atoms with E-state index in [0.717, 1.165) is 30.6 Å². The molecule has 0 bridgehead atoms. The van der Waals surface area contributed by atoms with Crippen LogP contribution in [-0.2, 0) is 23.0 Å². The number of likely N-dealkylation sites (N-methyl/N-ethyl adjacent to an activating group) is 1. The molecule has 0 unspecified atom stereocenters. The van der Waals surface area contributed by atoms with Gasteiger partial charge in [0, 0.05) is 39.1 Å². The lowest BCUT2D eigenvalue weighted by Gasteiger charge is -2.27. The van der Waals surface area contributed by atoms with Crippen LogP contribution in [0.4, 0.5) is 23.1 Å². The van der Waals surface area contributed by atoms with Gasteiger partial charge in [-0.2, -0.15) is 9.97 Å². The first-order valence-corrected chi connectivity index (χ1v) is 12.9. The normalized spacial score (nSPS) is 14.3. The lowest BCUT2D eigenvalue weighted by Crippen LogP contribution is -2.27. The lowest BCUT2D eigenvalue weighted by molar-refractivity contribution is 0.312. The Morgan fingerprint density at radius 1 is 1.09 bits per heavy atom. The second-order valence-electron chi connectivity index (χ2n) is 9.09. The van der Waals surface area contributed by atoms with Crippen LogP contribution in [0.1, 0.15) is 16.7 Å². The van der Waals surface area contributed by atoms with E-state index in [9.17, 15) is 8.42 Å². The first-order chi connectivity index (χ1) is 16.7. The molecular formula is C25H29N7O2S. The maximum Gasteiger partial charge on any atom is 0.244 e. The minimum atomic E-state index is -3.64. The molecule has 2 aromatic heterocycles. The minimum Gasteiger partial charge on any atom is -0.346 e. The summed E-state index contributed by atoms with van der Waals surface area (Å²) in [6.07, 6.45) is 2.84. The molecule has 0 radical (unpaired) electrons. The zero-order valence-corrected chi connectivity index (χ0v) is 21.1. The molecule has 0 fully saturated rings. The van der Waals surface area contributed by atoms with Crippen molar-refractivity contribution in [3.8, 4) is 0 Å². The predicted octanol–water partition coefficient (Wildman–Crippen LogP) is 3.99. The molecule has 1 aliphatic heterocycles. The fraction of sp³-hybridized carbons (Fsp3) is 0.280. The highest BCUT2D eigenvalue weighted by Crippen LogP contribution is 2.31. The molecule has 3 heterocycles. The van der Waals surface area contributed by atoms with E-state index in [2.05, 4.69) is 51.6 Å². The molecule has 0 saturated carbocycles. The number of hydrogen-bond acceptors (Lipinski definition) is 7. The van der Waals surface area contributed by atoms with E-state index in [1.807, 2.05) is 6.07 Å². The van der Waals surface area contributed by atoms with Gasteiger partial charge in [-0.25, -0.2) is 12.7 Å². The number of H-pyrrole nitrogens is 1. The SMILES string of the molecule is Cc1cc(Nc2nc(Nc3ccccc3S(=O)(=O)N(C)C)c3cc[nH]c3n2)cc2c1CCN(C)C2. The number of sulfonamides is 1. The number of nitrogens with zero attached hydrogens (tertiary/aromatic N) is 4. The largest absolute Gasteiger partial charge is 0.346 e. The van der Waals surface area contributed by atoms with E-state index >= 15 is 0 Å². The van der Waals surface area contributed by atoms with Crippen molar-refractivity contribution in [1.82, 2.24) is 24.2 Å². The summed E-state index contributed by atoms with van der Waals surface area (Å²) in [6, 6.07) is 13.0. The molecular weight excluding hydrogens is 462 g/mol. The number of aromatic nitrogens is 3. The van der Waals surface area contributed by atoms with E-state index in [1.54, 1.807) is 30.5 Å². The summed E-state index contributed by atoms with van der Waals surface area (Å²) in [5.74, 6) is 0.925. The molecule has 182 valence electrons. The summed E-state index contributed by atoms with van der Waals surface area (Å²) < 4.78 is 26.9. The molecule has 1 aliphatic rings. The summed E-state index contributed by atoms with van der Waals surface area (Å²) in [7, 11) is 1.52. The van der Waals surface area contributed by atoms with Gasteiger partial charge in [0.1, 0.15) is 16.4 Å². The number of para-hydroxylation sites is 1. The van der Waals surface area contributed by atoms with Crippen molar-refractivity contribution >= 4 is 44.2 Å². The standard InChI is InChI=1S/C25H29N7O2S/c1-16-13-18(14-17-15-32(4)12-10-19(16)17)27-25-29-23-20(9-11-26-23)24(30-25)28-21-7-5-6-8-22(21)35(33,34)31(2)3/h5-9,11,13-14H,10,12,15H2,1-4H3,(H3,26,27,28,29,30). The van der Waals surface area contributed by atoms with Crippen LogP contribution in [0.3, 0.4) is 0 Å². The van der Waals surface area contributed by atoms with Crippen molar-refractivity contribution in [2.24, 2.45) is 0 Å². The van der Waals surface area contributed by atoms with Gasteiger partial charge >= 0.3 is 0 Å². The summed E-state index contributed by atoms with van der Waals surface area (Å²) in [5, 5.41) is 7.35. The minimum absolute atomic E-state index is 0.177. The lowest BCUT2D eigenvalue weighted by atomic mass is 9.94. The van der Waals surface area contributed by atoms with E-state index < -0.39 is 10.0 Å². The zero-order chi connectivity index (χ0) is 24.7. The number of nitrogens with one attached hydrogen (secondary N) is 3. The summed E-state index contributed by atoms with van der Waals surface area (Å²) in [6.45, 7) is 4.11. The second kappa shape index (κ2) is 8.95. The molecule has 9 nitrogen and oxygen atoms in total. The third-order valence-corrected chi connectivity index (χ3v) is 8.19. The topological polar surface area (TPSA) is 106 Å². The van der Waals surface area contributed by atoms with Gasteiger partial charge in [0.05, 0.1) is 11.1 Å². The van der Waals surface area contributed by atoms with Crippen LogP contribution in [0.5, 0.6) is 0 Å². The van der Waals surface area contributed by atoms with Gasteiger partial charge in [-0.05, 0) is 67.4 Å². The molecule has 4 aromatic rings. The maximum atomic E-state index is 12.9. The van der Waals surface area contributed by atoms with Crippen molar-refractivity contribution in [2.75, 3.05) is 38.3 Å². The Hall–Kier alpha value is -3.47. The summed E-state index contributed by atoms with van der Waals surface area (Å²) in [5.41, 5.74) is 5.98. The van der Waals surface area contributed by atoms with Gasteiger partial charge in [0.25, 0.3) is 0 Å². The van der Waals surface area contributed by atoms with Crippen LogP contribution in [0, 0.1) is 6.92 Å². The van der Waals surface area contributed by atoms with Gasteiger partial charge < -0.3 is 20.5 Å². The van der Waals surface area contributed by atoms with Gasteiger partial charge in [0.15, 0.2) is 0 Å². The van der Waals surface area contributed by atoms with E-state index in [0.29, 0.717) is 23.1 Å². The van der Waals surface area contributed by atoms with Crippen molar-refractivity contribution in [1.29, 1.82) is 0 Å². The number of benzene rings is 2. The third kappa shape index (κ3) is 4.47. The van der Waals surface area contributed by atoms with Crippen LogP contribution < -0.4 is 10.6 Å². The number of anilines is 4. The second-order valence-corrected chi connectivity index (χ2v) is 11.2. The van der Waals surface area contributed by atoms with Crippen molar-refractivity contribution < 1.29 is 8.42 Å². The first kappa shape index (κ1) is 23.3. The maximum absolute atomic E-state index is 12.9. The summed E-state index contributed by atoms with van der Waals surface area (Å²) >= 11 is 0. The predicted molar refractivity (Wildman–Crippen MR) is 139 cm³/mol. The fourth-order valence-corrected chi connectivity index (χ4v) is 5.52. The Labute approximate surface area is 205 Å². The smallest absolute Gasteiger partial charge is 0.244 e. The van der Waals surface area contributed by atoms with Crippen molar-refractivity contribution in [3.05, 3.63) is 65.4 Å². The van der Waals surface area contributed by atoms with E-state index in [-0.39, 0.29) is 4.90 Å². The highest BCUT2D eigenvalue weighted by atomic mass is 32.2. The van der Waals surface area contributed by atoms with Crippen LogP contribution in [0.25, 0.3) is 11.0 Å². The number of rotatable bonds is 6. The Balaban J connectivity index is 1.52. The molecule has 35 heavy (non-hydrogen) atoms. The number of fused-ring (bicyclic) bond motifs is 2. The number of hydrogen-bond donors (Lipinski definition) is 3. The van der Waals surface area contributed by atoms with Crippen molar-refractivity contribution in [3.63, 3.8) is 0 Å². The molecule has 0 spiro atoms.